The molecular weight excluding hydrogens is 346 g/mol. The topological polar surface area (TPSA) is 114 Å². The van der Waals surface area contributed by atoms with Crippen LogP contribution in [0.2, 0.25) is 0 Å². The smallest absolute Gasteiger partial charge is 0.352 e. The number of carboxylic acids is 1. The molecule has 2 atom stereocenters. The molecular formula is C12H11N3O4S3. The van der Waals surface area contributed by atoms with Gasteiger partial charge in [0.25, 0.3) is 0 Å². The normalized spacial score (nSPS) is 24.0. The molecule has 7 nitrogen and oxygen atoms in total. The number of aliphatic carboxylic acids is 1. The Hall–Kier alpha value is -1.36. The number of thioether (sulfide) groups is 2. The first-order valence-electron chi connectivity index (χ1n) is 6.22. The fourth-order valence-corrected chi connectivity index (χ4v) is 5.07. The van der Waals surface area contributed by atoms with Crippen LogP contribution in [-0.2, 0) is 9.59 Å². The zero-order valence-electron chi connectivity index (χ0n) is 11.1. The summed E-state index contributed by atoms with van der Waals surface area (Å²) in [5.74, 6) is -0.864. The van der Waals surface area contributed by atoms with Crippen molar-refractivity contribution in [1.82, 2.24) is 9.27 Å². The highest BCUT2D eigenvalue weighted by Gasteiger charge is 2.51. The van der Waals surface area contributed by atoms with E-state index in [0.717, 1.165) is 11.8 Å². The highest BCUT2D eigenvalue weighted by molar-refractivity contribution is 8.14. The van der Waals surface area contributed by atoms with Crippen LogP contribution in [0.5, 0.6) is 0 Å². The quantitative estimate of drug-likeness (QED) is 0.753. The van der Waals surface area contributed by atoms with Crippen LogP contribution in [0, 0.1) is 0 Å². The number of nitrogens with two attached hydrogens (primary N) is 1. The average molecular weight is 357 g/mol. The van der Waals surface area contributed by atoms with Crippen molar-refractivity contribution in [2.75, 3.05) is 11.5 Å². The number of carbonyl (C=O) groups excluding carboxylic acids is 2. The maximum atomic E-state index is 12.0. The third-order valence-corrected chi connectivity index (χ3v) is 6.27. The van der Waals surface area contributed by atoms with Gasteiger partial charge >= 0.3 is 5.97 Å². The maximum absolute atomic E-state index is 12.0. The van der Waals surface area contributed by atoms with Gasteiger partial charge in [0.05, 0.1) is 11.8 Å². The number of nitrogens with zero attached hydrogens (tertiary/aromatic N) is 2. The fraction of sp³-hybridized carbons (Fsp3) is 0.333. The molecule has 3 heterocycles. The average Bonchev–Trinajstić information content (AvgIpc) is 3.05. The minimum absolute atomic E-state index is 0.0285. The molecule has 116 valence electrons. The number of carboxylic acid groups (broad SMARTS) is 1. The molecule has 1 saturated heterocycles. The number of amides is 1. The highest BCUT2D eigenvalue weighted by atomic mass is 32.2. The molecule has 3 rings (SSSR count). The number of aromatic nitrogens is 1. The molecule has 10 heteroatoms. The molecule has 0 spiro atoms. The molecule has 2 aliphatic heterocycles. The Morgan fingerprint density at radius 1 is 1.55 bits per heavy atom. The number of β-lactam (4-membered cyclic amide) rings is 1. The number of fused-ring (bicyclic) bond motifs is 1. The Labute approximate surface area is 138 Å². The van der Waals surface area contributed by atoms with Gasteiger partial charge in [-0.25, -0.2) is 9.17 Å². The summed E-state index contributed by atoms with van der Waals surface area (Å²) >= 11 is 3.63. The SMILES string of the molecule is NC1C(=O)N2C(C(=O)O)=C(CSC(=O)c3cnsc3)CS[C@H]12. The van der Waals surface area contributed by atoms with Gasteiger partial charge in [-0.2, -0.15) is 0 Å². The second kappa shape index (κ2) is 6.03. The fourth-order valence-electron chi connectivity index (χ4n) is 2.23. The molecule has 0 aromatic carbocycles. The molecule has 0 saturated carbocycles. The molecule has 22 heavy (non-hydrogen) atoms. The molecule has 1 amide bonds. The van der Waals surface area contributed by atoms with Crippen molar-refractivity contribution in [1.29, 1.82) is 0 Å². The highest BCUT2D eigenvalue weighted by Crippen LogP contribution is 2.40. The molecule has 1 unspecified atom stereocenters. The molecule has 0 radical (unpaired) electrons. The standard InChI is InChI=1S/C12H11N3O4S3/c13-7-9(16)15-8(11(17)18)6(2-20-10(7)15)3-21-12(19)5-1-14-22-4-5/h1,4,7,10H,2-3,13H2,(H,17,18)/t7?,10-/m1/s1. The van der Waals surface area contributed by atoms with E-state index in [1.807, 2.05) is 0 Å². The first-order chi connectivity index (χ1) is 10.5. The predicted octanol–water partition coefficient (Wildman–Crippen LogP) is 0.598. The predicted molar refractivity (Wildman–Crippen MR) is 84.6 cm³/mol. The maximum Gasteiger partial charge on any atom is 0.352 e. The van der Waals surface area contributed by atoms with Crippen molar-refractivity contribution < 1.29 is 19.5 Å². The molecule has 3 N–H and O–H groups in total. The van der Waals surface area contributed by atoms with Gasteiger partial charge in [0.15, 0.2) is 0 Å². The van der Waals surface area contributed by atoms with Crippen molar-refractivity contribution in [2.24, 2.45) is 5.73 Å². The molecule has 1 fully saturated rings. The molecule has 2 aliphatic rings. The first-order valence-corrected chi connectivity index (χ1v) is 9.10. The van der Waals surface area contributed by atoms with Gasteiger partial charge in [-0.05, 0) is 17.1 Å². The van der Waals surface area contributed by atoms with Gasteiger partial charge in [0, 0.05) is 16.9 Å². The summed E-state index contributed by atoms with van der Waals surface area (Å²) in [7, 11) is 0. The van der Waals surface area contributed by atoms with Crippen LogP contribution in [0.3, 0.4) is 0 Å². The number of hydrogen-bond acceptors (Lipinski definition) is 8. The third kappa shape index (κ3) is 2.56. The van der Waals surface area contributed by atoms with Crippen molar-refractivity contribution in [3.8, 4) is 0 Å². The summed E-state index contributed by atoms with van der Waals surface area (Å²) in [4.78, 5) is 36.4. The van der Waals surface area contributed by atoms with Crippen LogP contribution in [0.15, 0.2) is 22.8 Å². The Morgan fingerprint density at radius 2 is 2.32 bits per heavy atom. The van der Waals surface area contributed by atoms with E-state index in [1.165, 1.54) is 34.4 Å². The van der Waals surface area contributed by atoms with Crippen molar-refractivity contribution >= 4 is 52.0 Å². The lowest BCUT2D eigenvalue weighted by molar-refractivity contribution is -0.147. The third-order valence-electron chi connectivity index (χ3n) is 3.34. The van der Waals surface area contributed by atoms with Gasteiger partial charge in [-0.3, -0.25) is 14.5 Å². The van der Waals surface area contributed by atoms with Crippen LogP contribution in [-0.4, -0.2) is 54.3 Å². The Morgan fingerprint density at radius 3 is 2.95 bits per heavy atom. The number of rotatable bonds is 4. The summed E-state index contributed by atoms with van der Waals surface area (Å²) in [6, 6.07) is -0.646. The summed E-state index contributed by atoms with van der Waals surface area (Å²) in [6.45, 7) is 0. The van der Waals surface area contributed by atoms with Crippen LogP contribution < -0.4 is 5.73 Å². The second-order valence-corrected chi connectivity index (χ2v) is 7.39. The van der Waals surface area contributed by atoms with Crippen molar-refractivity contribution in [3.05, 3.63) is 28.4 Å². The van der Waals surface area contributed by atoms with Gasteiger partial charge in [-0.15, -0.1) is 11.8 Å². The van der Waals surface area contributed by atoms with E-state index in [-0.39, 0.29) is 27.8 Å². The summed E-state index contributed by atoms with van der Waals surface area (Å²) < 4.78 is 3.86. The Bertz CT molecular complexity index is 673. The van der Waals surface area contributed by atoms with Gasteiger partial charge in [0.1, 0.15) is 17.1 Å². The summed E-state index contributed by atoms with van der Waals surface area (Å²) in [5, 5.41) is 10.5. The first kappa shape index (κ1) is 15.5. The number of carbonyl (C=O) groups is 3. The summed E-state index contributed by atoms with van der Waals surface area (Å²) in [6.07, 6.45) is 1.48. The Balaban J connectivity index is 1.77. The number of hydrogen-bond donors (Lipinski definition) is 2. The lowest BCUT2D eigenvalue weighted by Crippen LogP contribution is -2.68. The molecule has 0 bridgehead atoms. The zero-order chi connectivity index (χ0) is 15.9. The minimum Gasteiger partial charge on any atom is -0.477 e. The van der Waals surface area contributed by atoms with E-state index in [2.05, 4.69) is 4.37 Å². The Kier molecular flexibility index (Phi) is 4.26. The van der Waals surface area contributed by atoms with E-state index in [0.29, 0.717) is 16.9 Å². The van der Waals surface area contributed by atoms with E-state index < -0.39 is 12.0 Å². The molecule has 0 aliphatic carbocycles. The monoisotopic (exact) mass is 357 g/mol. The van der Waals surface area contributed by atoms with E-state index in [4.69, 9.17) is 5.73 Å². The second-order valence-electron chi connectivity index (χ2n) is 4.68. The van der Waals surface area contributed by atoms with Gasteiger partial charge < -0.3 is 10.8 Å². The van der Waals surface area contributed by atoms with Crippen LogP contribution in [0.25, 0.3) is 0 Å². The van der Waals surface area contributed by atoms with Crippen LogP contribution >= 0.6 is 35.1 Å². The van der Waals surface area contributed by atoms with E-state index >= 15 is 0 Å². The lowest BCUT2D eigenvalue weighted by Gasteiger charge is -2.48. The largest absolute Gasteiger partial charge is 0.477 e. The zero-order valence-corrected chi connectivity index (χ0v) is 13.5. The lowest BCUT2D eigenvalue weighted by atomic mass is 10.0. The minimum atomic E-state index is -1.16. The van der Waals surface area contributed by atoms with Crippen molar-refractivity contribution in [2.45, 2.75) is 11.4 Å². The van der Waals surface area contributed by atoms with Crippen LogP contribution in [0.1, 0.15) is 10.4 Å². The van der Waals surface area contributed by atoms with Gasteiger partial charge in [-0.1, -0.05) is 11.8 Å². The van der Waals surface area contributed by atoms with Crippen LogP contribution in [0.4, 0.5) is 0 Å². The van der Waals surface area contributed by atoms with Crippen molar-refractivity contribution in [3.63, 3.8) is 0 Å². The molecule has 1 aromatic rings. The van der Waals surface area contributed by atoms with E-state index in [1.54, 1.807) is 5.38 Å². The molecule has 1 aromatic heterocycles. The summed E-state index contributed by atoms with van der Waals surface area (Å²) in [5.41, 5.74) is 6.71. The van der Waals surface area contributed by atoms with Gasteiger partial charge in [0.2, 0.25) is 11.0 Å². The van der Waals surface area contributed by atoms with E-state index in [9.17, 15) is 19.5 Å².